The van der Waals surface area contributed by atoms with Crippen LogP contribution in [-0.2, 0) is 4.74 Å². The van der Waals surface area contributed by atoms with Crippen LogP contribution in [0.25, 0.3) is 0 Å². The number of non-ortho nitro benzene ring substituents is 1. The molecule has 1 aromatic heterocycles. The molecule has 0 bridgehead atoms. The minimum atomic E-state index is -0.467. The Morgan fingerprint density at radius 1 is 1.06 bits per heavy atom. The molecule has 1 aliphatic rings. The third kappa shape index (κ3) is 4.96. The minimum Gasteiger partial charge on any atom is -0.378 e. The van der Waals surface area contributed by atoms with Gasteiger partial charge in [-0.25, -0.2) is 0 Å². The van der Waals surface area contributed by atoms with Gasteiger partial charge < -0.3 is 9.64 Å². The van der Waals surface area contributed by atoms with E-state index < -0.39 is 4.92 Å². The quantitative estimate of drug-likeness (QED) is 0.202. The summed E-state index contributed by atoms with van der Waals surface area (Å²) in [7, 11) is 0. The average Bonchev–Trinajstić information content (AvgIpc) is 3.23. The average molecular weight is 457 g/mol. The van der Waals surface area contributed by atoms with Crippen molar-refractivity contribution in [1.82, 2.24) is 0 Å². The van der Waals surface area contributed by atoms with Crippen molar-refractivity contribution in [3.63, 3.8) is 0 Å². The molecule has 0 spiro atoms. The van der Waals surface area contributed by atoms with Crippen LogP contribution < -0.4 is 4.90 Å². The summed E-state index contributed by atoms with van der Waals surface area (Å²) in [5, 5.41) is 20.8. The maximum absolute atomic E-state index is 13.0. The van der Waals surface area contributed by atoms with Crippen LogP contribution in [0, 0.1) is 10.1 Å². The van der Waals surface area contributed by atoms with Gasteiger partial charge in [0.05, 0.1) is 28.7 Å². The zero-order chi connectivity index (χ0) is 21.8. The molecule has 1 fully saturated rings. The van der Waals surface area contributed by atoms with E-state index in [1.165, 1.54) is 35.6 Å². The number of nitro benzene ring substituents is 1. The Labute approximate surface area is 186 Å². The summed E-state index contributed by atoms with van der Waals surface area (Å²) in [6, 6.07) is 14.3. The number of ketones is 1. The Hall–Kier alpha value is -3.14. The van der Waals surface area contributed by atoms with Gasteiger partial charge in [-0.2, -0.15) is 5.11 Å². The molecule has 3 aromatic rings. The lowest BCUT2D eigenvalue weighted by Crippen LogP contribution is -2.35. The lowest BCUT2D eigenvalue weighted by atomic mass is 10.1. The molecule has 0 radical (unpaired) electrons. The molecule has 10 heteroatoms. The number of halogens is 1. The summed E-state index contributed by atoms with van der Waals surface area (Å²) in [4.78, 5) is 26.0. The van der Waals surface area contributed by atoms with Gasteiger partial charge >= 0.3 is 0 Å². The molecule has 1 saturated heterocycles. The van der Waals surface area contributed by atoms with Gasteiger partial charge in [-0.15, -0.1) is 16.5 Å². The van der Waals surface area contributed by atoms with E-state index in [4.69, 9.17) is 16.3 Å². The number of thiophene rings is 1. The third-order valence-corrected chi connectivity index (χ3v) is 6.09. The number of hydrogen-bond acceptors (Lipinski definition) is 8. The summed E-state index contributed by atoms with van der Waals surface area (Å²) in [5.41, 5.74) is 1.58. The van der Waals surface area contributed by atoms with E-state index in [0.717, 1.165) is 5.00 Å². The summed E-state index contributed by atoms with van der Waals surface area (Å²) >= 11 is 7.29. The van der Waals surface area contributed by atoms with Crippen molar-refractivity contribution < 1.29 is 14.5 Å². The summed E-state index contributed by atoms with van der Waals surface area (Å²) in [6.07, 6.45) is 0. The predicted molar refractivity (Wildman–Crippen MR) is 120 cm³/mol. The van der Waals surface area contributed by atoms with Crippen LogP contribution in [0.15, 0.2) is 64.8 Å². The molecule has 31 heavy (non-hydrogen) atoms. The number of carbonyl (C=O) groups is 1. The number of carbonyl (C=O) groups excluding carboxylic acids is 1. The highest BCUT2D eigenvalue weighted by Crippen LogP contribution is 2.40. The van der Waals surface area contributed by atoms with E-state index in [2.05, 4.69) is 15.1 Å². The topological polar surface area (TPSA) is 97.4 Å². The number of rotatable bonds is 6. The number of anilines is 1. The van der Waals surface area contributed by atoms with Crippen LogP contribution in [0.4, 0.5) is 22.1 Å². The fraction of sp³-hybridized carbons (Fsp3) is 0.190. The number of nitro groups is 1. The first-order chi connectivity index (χ1) is 15.0. The standard InChI is InChI=1S/C21H17ClN4O4S/c22-15-3-1-14(2-4-15)20(27)19-13-18(21(31-19)25-9-11-30-12-10-25)24-23-16-5-7-17(8-6-16)26(28)29/h1-8,13H,9-12H2. The van der Waals surface area contributed by atoms with Crippen LogP contribution in [0.2, 0.25) is 5.02 Å². The molecule has 8 nitrogen and oxygen atoms in total. The lowest BCUT2D eigenvalue weighted by Gasteiger charge is -2.27. The molecule has 2 heterocycles. The summed E-state index contributed by atoms with van der Waals surface area (Å²) in [6.45, 7) is 2.57. The van der Waals surface area contributed by atoms with E-state index in [1.54, 1.807) is 30.3 Å². The number of ether oxygens (including phenoxy) is 1. The Morgan fingerprint density at radius 2 is 1.74 bits per heavy atom. The number of hydrogen-bond donors (Lipinski definition) is 0. The van der Waals surface area contributed by atoms with Crippen LogP contribution in [0.1, 0.15) is 15.2 Å². The van der Waals surface area contributed by atoms with E-state index in [0.29, 0.717) is 53.1 Å². The fourth-order valence-electron chi connectivity index (χ4n) is 3.04. The number of benzene rings is 2. The van der Waals surface area contributed by atoms with Gasteiger partial charge in [-0.1, -0.05) is 11.6 Å². The number of nitrogens with zero attached hydrogens (tertiary/aromatic N) is 4. The van der Waals surface area contributed by atoms with Crippen molar-refractivity contribution in [3.05, 3.63) is 80.2 Å². The highest BCUT2D eigenvalue weighted by molar-refractivity contribution is 7.18. The highest BCUT2D eigenvalue weighted by atomic mass is 35.5. The third-order valence-electron chi connectivity index (χ3n) is 4.66. The van der Waals surface area contributed by atoms with Crippen molar-refractivity contribution in [3.8, 4) is 0 Å². The zero-order valence-electron chi connectivity index (χ0n) is 16.2. The Morgan fingerprint density at radius 3 is 2.39 bits per heavy atom. The lowest BCUT2D eigenvalue weighted by molar-refractivity contribution is -0.384. The number of azo groups is 1. The Kier molecular flexibility index (Phi) is 6.36. The molecule has 0 saturated carbocycles. The first-order valence-corrected chi connectivity index (χ1v) is 10.6. The van der Waals surface area contributed by atoms with Crippen molar-refractivity contribution in [1.29, 1.82) is 0 Å². The first kappa shape index (κ1) is 21.1. The van der Waals surface area contributed by atoms with Crippen LogP contribution in [0.3, 0.4) is 0 Å². The van der Waals surface area contributed by atoms with E-state index in [1.807, 2.05) is 0 Å². The summed E-state index contributed by atoms with van der Waals surface area (Å²) in [5.74, 6) is -0.118. The monoisotopic (exact) mass is 456 g/mol. The predicted octanol–water partition coefficient (Wildman–Crippen LogP) is 5.79. The van der Waals surface area contributed by atoms with Crippen molar-refractivity contribution >= 4 is 50.8 Å². The normalized spacial score (nSPS) is 14.2. The van der Waals surface area contributed by atoms with Gasteiger partial charge in [0.15, 0.2) is 0 Å². The summed E-state index contributed by atoms with van der Waals surface area (Å²) < 4.78 is 5.43. The highest BCUT2D eigenvalue weighted by Gasteiger charge is 2.22. The van der Waals surface area contributed by atoms with E-state index in [9.17, 15) is 14.9 Å². The van der Waals surface area contributed by atoms with Gasteiger partial charge in [0.1, 0.15) is 10.7 Å². The molecule has 0 atom stereocenters. The van der Waals surface area contributed by atoms with Crippen LogP contribution in [-0.4, -0.2) is 37.0 Å². The molecule has 2 aromatic carbocycles. The Balaban J connectivity index is 1.65. The second kappa shape index (κ2) is 9.34. The molecule has 0 amide bonds. The maximum Gasteiger partial charge on any atom is 0.269 e. The first-order valence-electron chi connectivity index (χ1n) is 9.44. The maximum atomic E-state index is 13.0. The minimum absolute atomic E-state index is 0.0145. The molecule has 4 rings (SSSR count). The van der Waals surface area contributed by atoms with Gasteiger partial charge in [-0.05, 0) is 42.5 Å². The fourth-order valence-corrected chi connectivity index (χ4v) is 4.28. The van der Waals surface area contributed by atoms with Gasteiger partial charge in [-0.3, -0.25) is 14.9 Å². The van der Waals surface area contributed by atoms with Crippen molar-refractivity contribution in [2.75, 3.05) is 31.2 Å². The molecule has 158 valence electrons. The van der Waals surface area contributed by atoms with E-state index in [-0.39, 0.29) is 11.5 Å². The second-order valence-electron chi connectivity index (χ2n) is 6.71. The SMILES string of the molecule is O=C(c1ccc(Cl)cc1)c1cc(N=Nc2ccc([N+](=O)[O-])cc2)c(N2CCOCC2)s1. The smallest absolute Gasteiger partial charge is 0.269 e. The Bertz CT molecular complexity index is 1120. The number of morpholine rings is 1. The van der Waals surface area contributed by atoms with Gasteiger partial charge in [0.2, 0.25) is 5.78 Å². The molecule has 1 aliphatic heterocycles. The molecular weight excluding hydrogens is 440 g/mol. The van der Waals surface area contributed by atoms with Gasteiger partial charge in [0.25, 0.3) is 5.69 Å². The zero-order valence-corrected chi connectivity index (χ0v) is 17.8. The van der Waals surface area contributed by atoms with Crippen molar-refractivity contribution in [2.24, 2.45) is 10.2 Å². The van der Waals surface area contributed by atoms with E-state index >= 15 is 0 Å². The largest absolute Gasteiger partial charge is 0.378 e. The molecular formula is C21H17ClN4O4S. The van der Waals surface area contributed by atoms with Gasteiger partial charge in [0, 0.05) is 35.8 Å². The molecule has 0 unspecified atom stereocenters. The van der Waals surface area contributed by atoms with Crippen molar-refractivity contribution in [2.45, 2.75) is 0 Å². The van der Waals surface area contributed by atoms with Crippen LogP contribution in [0.5, 0.6) is 0 Å². The van der Waals surface area contributed by atoms with Crippen LogP contribution >= 0.6 is 22.9 Å². The molecule has 0 aliphatic carbocycles. The second-order valence-corrected chi connectivity index (χ2v) is 8.18. The molecule has 0 N–H and O–H groups in total.